The molecule has 1 aliphatic rings. The number of aliphatic hydroxyl groups excluding tert-OH is 1. The van der Waals surface area contributed by atoms with Gasteiger partial charge in [-0.25, -0.2) is 0 Å². The van der Waals surface area contributed by atoms with E-state index in [-0.39, 0.29) is 18.1 Å². The lowest BCUT2D eigenvalue weighted by atomic mass is 9.86. The van der Waals surface area contributed by atoms with Crippen molar-refractivity contribution in [2.24, 2.45) is 5.92 Å². The first-order valence-electron chi connectivity index (χ1n) is 6.81. The fourth-order valence-electron chi connectivity index (χ4n) is 2.23. The van der Waals surface area contributed by atoms with Crippen molar-refractivity contribution in [1.29, 1.82) is 0 Å². The summed E-state index contributed by atoms with van der Waals surface area (Å²) in [5.74, 6) is 0.366. The van der Waals surface area contributed by atoms with E-state index in [1.807, 2.05) is 6.92 Å². The molecule has 0 radical (unpaired) electrons. The van der Waals surface area contributed by atoms with Gasteiger partial charge in [0, 0.05) is 12.6 Å². The SMILES string of the molecule is CCC(C)NC(=O)CNCC1CCCCC1O. The molecule has 0 heterocycles. The van der Waals surface area contributed by atoms with Crippen molar-refractivity contribution in [2.75, 3.05) is 13.1 Å². The second kappa shape index (κ2) is 7.67. The van der Waals surface area contributed by atoms with Gasteiger partial charge in [-0.15, -0.1) is 0 Å². The van der Waals surface area contributed by atoms with Crippen molar-refractivity contribution >= 4 is 5.91 Å². The molecule has 3 atom stereocenters. The Balaban J connectivity index is 2.12. The molecular weight excluding hydrogens is 216 g/mol. The van der Waals surface area contributed by atoms with Crippen LogP contribution in [0.2, 0.25) is 0 Å². The average Bonchev–Trinajstić information content (AvgIpc) is 2.31. The van der Waals surface area contributed by atoms with Crippen LogP contribution >= 0.6 is 0 Å². The van der Waals surface area contributed by atoms with Crippen molar-refractivity contribution < 1.29 is 9.90 Å². The average molecular weight is 242 g/mol. The molecule has 17 heavy (non-hydrogen) atoms. The number of aliphatic hydroxyl groups is 1. The highest BCUT2D eigenvalue weighted by Gasteiger charge is 2.22. The molecule has 0 spiro atoms. The van der Waals surface area contributed by atoms with Crippen molar-refractivity contribution in [3.8, 4) is 0 Å². The number of carbonyl (C=O) groups excluding carboxylic acids is 1. The minimum Gasteiger partial charge on any atom is -0.393 e. The molecule has 0 aliphatic heterocycles. The van der Waals surface area contributed by atoms with Crippen LogP contribution in [0, 0.1) is 5.92 Å². The zero-order chi connectivity index (χ0) is 12.7. The van der Waals surface area contributed by atoms with Crippen LogP contribution in [0.3, 0.4) is 0 Å². The van der Waals surface area contributed by atoms with E-state index in [9.17, 15) is 9.90 Å². The lowest BCUT2D eigenvalue weighted by molar-refractivity contribution is -0.120. The van der Waals surface area contributed by atoms with Gasteiger partial charge in [-0.2, -0.15) is 0 Å². The molecule has 4 nitrogen and oxygen atoms in total. The van der Waals surface area contributed by atoms with E-state index in [4.69, 9.17) is 0 Å². The monoisotopic (exact) mass is 242 g/mol. The summed E-state index contributed by atoms with van der Waals surface area (Å²) in [5.41, 5.74) is 0. The van der Waals surface area contributed by atoms with Crippen LogP contribution in [0.5, 0.6) is 0 Å². The van der Waals surface area contributed by atoms with Crippen molar-refractivity contribution in [3.63, 3.8) is 0 Å². The lowest BCUT2D eigenvalue weighted by Gasteiger charge is -2.27. The zero-order valence-electron chi connectivity index (χ0n) is 11.0. The second-order valence-electron chi connectivity index (χ2n) is 5.12. The van der Waals surface area contributed by atoms with Gasteiger partial charge in [-0.3, -0.25) is 4.79 Å². The van der Waals surface area contributed by atoms with Crippen LogP contribution in [-0.4, -0.2) is 36.2 Å². The first-order valence-corrected chi connectivity index (χ1v) is 6.81. The number of hydrogen-bond donors (Lipinski definition) is 3. The maximum Gasteiger partial charge on any atom is 0.234 e. The topological polar surface area (TPSA) is 61.4 Å². The second-order valence-corrected chi connectivity index (χ2v) is 5.12. The maximum absolute atomic E-state index is 11.5. The Bertz CT molecular complexity index is 233. The molecule has 100 valence electrons. The van der Waals surface area contributed by atoms with Crippen LogP contribution in [-0.2, 0) is 4.79 Å². The Morgan fingerprint density at radius 2 is 2.12 bits per heavy atom. The van der Waals surface area contributed by atoms with Gasteiger partial charge in [0.05, 0.1) is 12.6 Å². The summed E-state index contributed by atoms with van der Waals surface area (Å²) in [6, 6.07) is 0.240. The molecule has 4 heteroatoms. The molecule has 0 saturated heterocycles. The summed E-state index contributed by atoms with van der Waals surface area (Å²) in [7, 11) is 0. The molecule has 0 aromatic carbocycles. The molecule has 1 saturated carbocycles. The fraction of sp³-hybridized carbons (Fsp3) is 0.923. The molecule has 0 aromatic heterocycles. The molecule has 1 fully saturated rings. The number of amides is 1. The number of carbonyl (C=O) groups is 1. The number of nitrogens with one attached hydrogen (secondary N) is 2. The van der Waals surface area contributed by atoms with Gasteiger partial charge in [-0.1, -0.05) is 19.8 Å². The van der Waals surface area contributed by atoms with Crippen molar-refractivity contribution in [3.05, 3.63) is 0 Å². The molecule has 0 bridgehead atoms. The van der Waals surface area contributed by atoms with E-state index in [0.717, 1.165) is 32.2 Å². The Hall–Kier alpha value is -0.610. The van der Waals surface area contributed by atoms with Gasteiger partial charge in [0.25, 0.3) is 0 Å². The van der Waals surface area contributed by atoms with Gasteiger partial charge in [0.1, 0.15) is 0 Å². The smallest absolute Gasteiger partial charge is 0.234 e. The van der Waals surface area contributed by atoms with Gasteiger partial charge >= 0.3 is 0 Å². The molecule has 3 N–H and O–H groups in total. The van der Waals surface area contributed by atoms with Crippen LogP contribution < -0.4 is 10.6 Å². The molecular formula is C13H26N2O2. The predicted octanol–water partition coefficient (Wildman–Crippen LogP) is 1.04. The first kappa shape index (κ1) is 14.5. The van der Waals surface area contributed by atoms with Gasteiger partial charge in [0.15, 0.2) is 0 Å². The van der Waals surface area contributed by atoms with Crippen molar-refractivity contribution in [2.45, 2.75) is 58.1 Å². The standard InChI is InChI=1S/C13H26N2O2/c1-3-10(2)15-13(17)9-14-8-11-6-4-5-7-12(11)16/h10-12,14,16H,3-9H2,1-2H3,(H,15,17). The molecule has 1 rings (SSSR count). The molecule has 3 unspecified atom stereocenters. The minimum absolute atomic E-state index is 0.0460. The Labute approximate surface area is 104 Å². The zero-order valence-corrected chi connectivity index (χ0v) is 11.0. The van der Waals surface area contributed by atoms with Gasteiger partial charge in [0.2, 0.25) is 5.91 Å². The first-order chi connectivity index (χ1) is 8.13. The van der Waals surface area contributed by atoms with Crippen LogP contribution in [0.25, 0.3) is 0 Å². The summed E-state index contributed by atoms with van der Waals surface area (Å²) in [6.45, 7) is 5.15. The number of rotatable bonds is 6. The van der Waals surface area contributed by atoms with Crippen LogP contribution in [0.1, 0.15) is 46.0 Å². The number of hydrogen-bond acceptors (Lipinski definition) is 3. The normalized spacial score (nSPS) is 26.5. The van der Waals surface area contributed by atoms with Crippen LogP contribution in [0.4, 0.5) is 0 Å². The Morgan fingerprint density at radius 1 is 1.41 bits per heavy atom. The van der Waals surface area contributed by atoms with E-state index in [0.29, 0.717) is 12.5 Å². The highest BCUT2D eigenvalue weighted by atomic mass is 16.3. The van der Waals surface area contributed by atoms with E-state index in [2.05, 4.69) is 17.6 Å². The van der Waals surface area contributed by atoms with Crippen molar-refractivity contribution in [1.82, 2.24) is 10.6 Å². The maximum atomic E-state index is 11.5. The third-order valence-electron chi connectivity index (χ3n) is 3.58. The molecule has 1 amide bonds. The predicted molar refractivity (Wildman–Crippen MR) is 68.7 cm³/mol. The minimum atomic E-state index is -0.186. The Kier molecular flexibility index (Phi) is 6.52. The van der Waals surface area contributed by atoms with E-state index in [1.165, 1.54) is 6.42 Å². The van der Waals surface area contributed by atoms with Gasteiger partial charge in [-0.05, 0) is 32.1 Å². The highest BCUT2D eigenvalue weighted by Crippen LogP contribution is 2.23. The third kappa shape index (κ3) is 5.50. The largest absolute Gasteiger partial charge is 0.393 e. The van der Waals surface area contributed by atoms with E-state index in [1.54, 1.807) is 0 Å². The summed E-state index contributed by atoms with van der Waals surface area (Å²) in [4.78, 5) is 11.5. The summed E-state index contributed by atoms with van der Waals surface area (Å²) >= 11 is 0. The van der Waals surface area contributed by atoms with E-state index >= 15 is 0 Å². The molecule has 1 aliphatic carbocycles. The lowest BCUT2D eigenvalue weighted by Crippen LogP contribution is -2.41. The Morgan fingerprint density at radius 3 is 2.76 bits per heavy atom. The van der Waals surface area contributed by atoms with Gasteiger partial charge < -0.3 is 15.7 Å². The summed E-state index contributed by atoms with van der Waals surface area (Å²) in [6.07, 6.45) is 5.07. The highest BCUT2D eigenvalue weighted by molar-refractivity contribution is 5.78. The fourth-order valence-corrected chi connectivity index (χ4v) is 2.23. The quantitative estimate of drug-likeness (QED) is 0.652. The van der Waals surface area contributed by atoms with Crippen LogP contribution in [0.15, 0.2) is 0 Å². The molecule has 0 aromatic rings. The third-order valence-corrected chi connectivity index (χ3v) is 3.58. The van der Waals surface area contributed by atoms with E-state index < -0.39 is 0 Å². The summed E-state index contributed by atoms with van der Waals surface area (Å²) in [5, 5.41) is 15.8. The summed E-state index contributed by atoms with van der Waals surface area (Å²) < 4.78 is 0.